The molecular formula is C15H20ClNaO4S. The first-order valence-corrected chi connectivity index (χ1v) is 8.93. The number of carbonyl (C=O) groups is 1. The molecular weight excluding hydrogens is 335 g/mol. The van der Waals surface area contributed by atoms with Crippen molar-refractivity contribution >= 4 is 27.5 Å². The zero-order valence-corrected chi connectivity index (χ0v) is 16.7. The fraction of sp³-hybridized carbons (Fsp3) is 0.533. The molecule has 0 aliphatic heterocycles. The van der Waals surface area contributed by atoms with E-state index in [1.807, 2.05) is 0 Å². The Morgan fingerprint density at radius 3 is 2.27 bits per heavy atom. The summed E-state index contributed by atoms with van der Waals surface area (Å²) in [5.74, 6) is -0.0813. The first-order valence-electron chi connectivity index (χ1n) is 7.15. The molecule has 0 aliphatic rings. The standard InChI is InChI=1S/C15H21ClO4S.Na/c1-2-3-4-5-6-7-8-14(17)12-9-10-15(13(16)11-12)21(18,19)20;/h9-11H,2-8H2,1H3,(H,18,19,20);/q;+1/p-1. The summed E-state index contributed by atoms with van der Waals surface area (Å²) in [5, 5.41) is -0.196. The largest absolute Gasteiger partial charge is 1.00 e. The van der Waals surface area contributed by atoms with Gasteiger partial charge in [-0.15, -0.1) is 0 Å². The van der Waals surface area contributed by atoms with Crippen molar-refractivity contribution in [2.75, 3.05) is 0 Å². The van der Waals surface area contributed by atoms with Gasteiger partial charge in [-0.25, -0.2) is 8.42 Å². The molecule has 1 aromatic carbocycles. The normalized spacial score (nSPS) is 11.0. The van der Waals surface area contributed by atoms with Gasteiger partial charge in [-0.1, -0.05) is 56.7 Å². The average Bonchev–Trinajstić information content (AvgIpc) is 2.41. The maximum Gasteiger partial charge on any atom is 1.00 e. The summed E-state index contributed by atoms with van der Waals surface area (Å²) < 4.78 is 32.7. The van der Waals surface area contributed by atoms with Crippen LogP contribution < -0.4 is 29.6 Å². The van der Waals surface area contributed by atoms with Crippen molar-refractivity contribution in [2.45, 2.75) is 56.8 Å². The average molecular weight is 355 g/mol. The quantitative estimate of drug-likeness (QED) is 0.289. The van der Waals surface area contributed by atoms with Gasteiger partial charge in [-0.05, 0) is 18.6 Å². The SMILES string of the molecule is CCCCCCCCC(=O)c1ccc(S(=O)(=O)[O-])c(Cl)c1.[Na+]. The summed E-state index contributed by atoms with van der Waals surface area (Å²) >= 11 is 5.75. The van der Waals surface area contributed by atoms with Crippen LogP contribution in [0.4, 0.5) is 0 Å². The van der Waals surface area contributed by atoms with E-state index in [0.29, 0.717) is 12.0 Å². The van der Waals surface area contributed by atoms with Crippen LogP contribution >= 0.6 is 11.6 Å². The van der Waals surface area contributed by atoms with Crippen LogP contribution in [0.2, 0.25) is 5.02 Å². The van der Waals surface area contributed by atoms with Gasteiger partial charge < -0.3 is 4.55 Å². The summed E-state index contributed by atoms with van der Waals surface area (Å²) in [5.41, 5.74) is 0.348. The number of hydrogen-bond acceptors (Lipinski definition) is 4. The van der Waals surface area contributed by atoms with Gasteiger partial charge >= 0.3 is 29.6 Å². The summed E-state index contributed by atoms with van der Waals surface area (Å²) in [6.07, 6.45) is 6.93. The number of halogens is 1. The minimum absolute atomic E-state index is 0. The third-order valence-electron chi connectivity index (χ3n) is 3.28. The van der Waals surface area contributed by atoms with Crippen LogP contribution in [0.15, 0.2) is 23.1 Å². The molecule has 0 radical (unpaired) electrons. The number of rotatable bonds is 9. The van der Waals surface area contributed by atoms with Gasteiger partial charge in [0.1, 0.15) is 10.1 Å². The molecule has 0 heterocycles. The predicted octanol–water partition coefficient (Wildman–Crippen LogP) is 1.18. The second-order valence-corrected chi connectivity index (χ2v) is 6.80. The van der Waals surface area contributed by atoms with Crippen molar-refractivity contribution in [1.29, 1.82) is 0 Å². The summed E-state index contributed by atoms with van der Waals surface area (Å²) in [6, 6.07) is 3.70. The van der Waals surface area contributed by atoms with Crippen LogP contribution in [-0.2, 0) is 10.1 Å². The van der Waals surface area contributed by atoms with Crippen LogP contribution in [0.3, 0.4) is 0 Å². The molecule has 0 amide bonds. The Morgan fingerprint density at radius 1 is 1.14 bits per heavy atom. The van der Waals surface area contributed by atoms with E-state index in [-0.39, 0.29) is 40.4 Å². The number of Topliss-reactive ketones (excluding diaryl/α,β-unsaturated/α-hetero) is 1. The molecule has 1 rings (SSSR count). The van der Waals surface area contributed by atoms with E-state index in [4.69, 9.17) is 11.6 Å². The molecule has 0 saturated carbocycles. The molecule has 0 aromatic heterocycles. The maximum atomic E-state index is 12.0. The molecule has 1 aromatic rings. The molecule has 0 bridgehead atoms. The van der Waals surface area contributed by atoms with E-state index >= 15 is 0 Å². The molecule has 0 aliphatic carbocycles. The van der Waals surface area contributed by atoms with Gasteiger partial charge in [0, 0.05) is 12.0 Å². The minimum atomic E-state index is -4.60. The van der Waals surface area contributed by atoms with Crippen molar-refractivity contribution in [3.05, 3.63) is 28.8 Å². The molecule has 0 unspecified atom stereocenters. The molecule has 0 spiro atoms. The van der Waals surface area contributed by atoms with Gasteiger partial charge in [-0.3, -0.25) is 4.79 Å². The van der Waals surface area contributed by atoms with Crippen molar-refractivity contribution in [3.8, 4) is 0 Å². The third-order valence-corrected chi connectivity index (χ3v) is 4.60. The summed E-state index contributed by atoms with van der Waals surface area (Å²) in [6.45, 7) is 2.15. The Hall–Kier alpha value is 0.0900. The Morgan fingerprint density at radius 2 is 1.73 bits per heavy atom. The van der Waals surface area contributed by atoms with E-state index in [9.17, 15) is 17.8 Å². The van der Waals surface area contributed by atoms with Crippen molar-refractivity contribution in [3.63, 3.8) is 0 Å². The minimum Gasteiger partial charge on any atom is -0.744 e. The predicted molar refractivity (Wildman–Crippen MR) is 81.7 cm³/mol. The first kappa shape index (κ1) is 22.1. The van der Waals surface area contributed by atoms with Crippen LogP contribution in [0.25, 0.3) is 0 Å². The monoisotopic (exact) mass is 354 g/mol. The Labute approximate surface area is 159 Å². The topological polar surface area (TPSA) is 74.3 Å². The Balaban J connectivity index is 0.00000441. The molecule has 0 saturated heterocycles. The second-order valence-electron chi connectivity index (χ2n) is 5.04. The van der Waals surface area contributed by atoms with Gasteiger partial charge in [0.05, 0.1) is 9.92 Å². The molecule has 0 fully saturated rings. The van der Waals surface area contributed by atoms with Crippen LogP contribution in [-0.4, -0.2) is 18.8 Å². The zero-order chi connectivity index (χ0) is 15.9. The molecule has 0 atom stereocenters. The van der Waals surface area contributed by atoms with Crippen LogP contribution in [0, 0.1) is 0 Å². The fourth-order valence-corrected chi connectivity index (χ4v) is 3.08. The maximum absolute atomic E-state index is 12.0. The van der Waals surface area contributed by atoms with Gasteiger partial charge in [0.25, 0.3) is 0 Å². The second kappa shape index (κ2) is 10.8. The van der Waals surface area contributed by atoms with Gasteiger partial charge in [-0.2, -0.15) is 0 Å². The molecule has 0 N–H and O–H groups in total. The smallest absolute Gasteiger partial charge is 0.744 e. The van der Waals surface area contributed by atoms with Crippen molar-refractivity contribution < 1.29 is 47.3 Å². The van der Waals surface area contributed by atoms with Gasteiger partial charge in [0.15, 0.2) is 5.78 Å². The van der Waals surface area contributed by atoms with E-state index < -0.39 is 15.0 Å². The van der Waals surface area contributed by atoms with E-state index in [1.165, 1.54) is 31.4 Å². The van der Waals surface area contributed by atoms with Crippen LogP contribution in [0.1, 0.15) is 62.2 Å². The number of ketones is 1. The molecule has 7 heteroatoms. The van der Waals surface area contributed by atoms with E-state index in [0.717, 1.165) is 25.3 Å². The number of benzene rings is 1. The summed E-state index contributed by atoms with van der Waals surface area (Å²) in [7, 11) is -4.60. The number of hydrogen-bond donors (Lipinski definition) is 0. The van der Waals surface area contributed by atoms with E-state index in [2.05, 4.69) is 6.92 Å². The first-order chi connectivity index (χ1) is 9.86. The number of carbonyl (C=O) groups excluding carboxylic acids is 1. The van der Waals surface area contributed by atoms with E-state index in [1.54, 1.807) is 0 Å². The summed E-state index contributed by atoms with van der Waals surface area (Å²) in [4.78, 5) is 11.5. The molecule has 22 heavy (non-hydrogen) atoms. The Bertz CT molecular complexity index is 587. The zero-order valence-electron chi connectivity index (χ0n) is 13.1. The van der Waals surface area contributed by atoms with Crippen molar-refractivity contribution in [1.82, 2.24) is 0 Å². The van der Waals surface area contributed by atoms with Crippen LogP contribution in [0.5, 0.6) is 0 Å². The molecule has 118 valence electrons. The number of unbranched alkanes of at least 4 members (excludes halogenated alkanes) is 5. The van der Waals surface area contributed by atoms with Crippen molar-refractivity contribution in [2.24, 2.45) is 0 Å². The Kier molecular flexibility index (Phi) is 10.8. The van der Waals surface area contributed by atoms with Gasteiger partial charge in [0.2, 0.25) is 0 Å². The fourth-order valence-electron chi connectivity index (χ4n) is 2.09. The molecule has 4 nitrogen and oxygen atoms in total. The third kappa shape index (κ3) is 7.57.